The first-order valence-electron chi connectivity index (χ1n) is 12.7. The first-order chi connectivity index (χ1) is 16.5. The molecule has 0 saturated carbocycles. The summed E-state index contributed by atoms with van der Waals surface area (Å²) in [5, 5.41) is 10.2. The molecular formula is C28H41LrN6O-. The summed E-state index contributed by atoms with van der Waals surface area (Å²) >= 11 is 0. The zero-order valence-corrected chi connectivity index (χ0v) is 24.8. The number of fused-ring (bicyclic) bond motifs is 1. The molecular weight excluding hydrogens is 698 g/mol. The fraction of sp³-hybridized carbons (Fsp3) is 0.571. The van der Waals surface area contributed by atoms with E-state index < -0.39 is 5.72 Å². The van der Waals surface area contributed by atoms with Crippen LogP contribution in [0.15, 0.2) is 62.7 Å². The Balaban J connectivity index is 0.00000361. The smallest absolute Gasteiger partial charge is 0.174 e. The van der Waals surface area contributed by atoms with E-state index in [0.717, 1.165) is 42.1 Å². The van der Waals surface area contributed by atoms with Crippen molar-refractivity contribution >= 4 is 18.3 Å². The number of ether oxygens (including phenoxy) is 1. The van der Waals surface area contributed by atoms with E-state index in [9.17, 15) is 0 Å². The number of allylic oxidation sites excluding steroid dienone is 3. The zero-order valence-electron chi connectivity index (χ0n) is 22.7. The number of likely N-dealkylation sites (tertiary alicyclic amines) is 1. The summed E-state index contributed by atoms with van der Waals surface area (Å²) in [5.41, 5.74) is 0.630. The largest absolute Gasteiger partial charge is 0.404 e. The third kappa shape index (κ3) is 6.25. The quantitative estimate of drug-likeness (QED) is 0.325. The first kappa shape index (κ1) is 26.8. The number of nitrogens with one attached hydrogen (secondary N) is 1. The minimum atomic E-state index is -0.674. The normalized spacial score (nSPS) is 31.4. The van der Waals surface area contributed by atoms with Gasteiger partial charge in [0.05, 0.1) is 12.4 Å². The Hall–Kier alpha value is -3.80. The van der Waals surface area contributed by atoms with E-state index in [1.54, 1.807) is 7.11 Å². The summed E-state index contributed by atoms with van der Waals surface area (Å²) in [7, 11) is 1.69. The molecule has 36 heavy (non-hydrogen) atoms. The number of amidine groups is 1. The standard InChI is InChI=1S/C28H41N6O.Lr/c1-21-15-25-32-24(33-13-8-9-26(2,3)12-14-33)16-23(34(25)31-18-21)29-19-22-17-27(4,5)10-11-28(6,35-7)30-20-22;/h10-11,15-18,20,32H,8-9,12-14,19H2,1-7H3;/q-1;/b11-10-,22-17-,29-23?,30-20-;. The maximum atomic E-state index is 5.63. The van der Waals surface area contributed by atoms with Crippen LogP contribution in [-0.2, 0) is 4.74 Å². The van der Waals surface area contributed by atoms with E-state index in [1.807, 2.05) is 30.4 Å². The predicted molar refractivity (Wildman–Crippen MR) is 145 cm³/mol. The Morgan fingerprint density at radius 1 is 1.11 bits per heavy atom. The van der Waals surface area contributed by atoms with Crippen molar-refractivity contribution in [1.29, 1.82) is 0 Å². The summed E-state index contributed by atoms with van der Waals surface area (Å²) in [6.07, 6.45) is 18.1. The van der Waals surface area contributed by atoms with Gasteiger partial charge < -0.3 is 15.0 Å². The first-order valence-corrected chi connectivity index (χ1v) is 12.7. The van der Waals surface area contributed by atoms with Crippen molar-refractivity contribution in [2.24, 2.45) is 25.9 Å². The van der Waals surface area contributed by atoms with Gasteiger partial charge in [-0.3, -0.25) is 15.0 Å². The molecule has 0 amide bonds. The van der Waals surface area contributed by atoms with Gasteiger partial charge in [0.25, 0.3) is 0 Å². The molecule has 4 heterocycles. The molecule has 0 spiro atoms. The van der Waals surface area contributed by atoms with Gasteiger partial charge in [-0.2, -0.15) is 12.0 Å². The van der Waals surface area contributed by atoms with Crippen molar-refractivity contribution in [2.75, 3.05) is 26.7 Å². The number of methoxy groups -OCH3 is 1. The van der Waals surface area contributed by atoms with Crippen LogP contribution in [0.3, 0.4) is 0 Å². The number of hydrogen-bond acceptors (Lipinski definition) is 6. The summed E-state index contributed by atoms with van der Waals surface area (Å²) in [6, 6.07) is 0. The Morgan fingerprint density at radius 3 is 2.64 bits per heavy atom. The molecule has 7 nitrogen and oxygen atoms in total. The molecule has 1 saturated heterocycles. The van der Waals surface area contributed by atoms with E-state index in [-0.39, 0.29) is 5.41 Å². The third-order valence-corrected chi connectivity index (χ3v) is 7.09. The second-order valence-corrected chi connectivity index (χ2v) is 11.6. The molecule has 0 aromatic heterocycles. The van der Waals surface area contributed by atoms with Crippen molar-refractivity contribution in [3.63, 3.8) is 0 Å². The van der Waals surface area contributed by atoms with Crippen LogP contribution in [0.2, 0.25) is 0 Å². The summed E-state index contributed by atoms with van der Waals surface area (Å²) in [4.78, 5) is 12.2. The summed E-state index contributed by atoms with van der Waals surface area (Å²) in [5.74, 6) is 3.99. The number of hydrazone groups is 1. The molecule has 0 aromatic carbocycles. The molecule has 1 fully saturated rings. The minimum Gasteiger partial charge on any atom is -0.404 e. The second-order valence-electron chi connectivity index (χ2n) is 11.6. The fourth-order valence-electron chi connectivity index (χ4n) is 4.66. The molecule has 1 N–H and O–H groups in total. The molecule has 4 aliphatic rings. The molecule has 1 atom stereocenters. The van der Waals surface area contributed by atoms with E-state index >= 15 is 0 Å². The number of rotatable bonds is 4. The van der Waals surface area contributed by atoms with Crippen LogP contribution in [0.25, 0.3) is 0 Å². The van der Waals surface area contributed by atoms with Gasteiger partial charge in [0, 0.05) is 37.9 Å². The van der Waals surface area contributed by atoms with E-state index in [1.165, 1.54) is 19.3 Å². The predicted octanol–water partition coefficient (Wildman–Crippen LogP) is 5.03. The Labute approximate surface area is 211 Å². The molecule has 4 rings (SSSR count). The van der Waals surface area contributed by atoms with Crippen molar-refractivity contribution in [3.05, 3.63) is 53.5 Å². The second kappa shape index (κ2) is 10.1. The average molecular weight is 740 g/mol. The van der Waals surface area contributed by atoms with Crippen molar-refractivity contribution < 1.29 is 4.74 Å². The van der Waals surface area contributed by atoms with Gasteiger partial charge >= 0.3 is 0 Å². The van der Waals surface area contributed by atoms with Gasteiger partial charge in [-0.25, -0.2) is 5.10 Å². The average Bonchev–Trinajstić information content (AvgIpc) is 2.98. The summed E-state index contributed by atoms with van der Waals surface area (Å²) in [6.45, 7) is 15.7. The molecule has 1 unspecified atom stereocenters. The van der Waals surface area contributed by atoms with E-state index in [4.69, 9.17) is 9.73 Å². The molecule has 0 bridgehead atoms. The number of nitrogens with zero attached hydrogens (tertiary/aromatic N) is 5. The maximum absolute atomic E-state index is 5.63. The van der Waals surface area contributed by atoms with E-state index in [0.29, 0.717) is 12.0 Å². The van der Waals surface area contributed by atoms with Gasteiger partial charge in [-0.15, -0.1) is 6.92 Å². The monoisotopic (exact) mass is 739 g/mol. The topological polar surface area (TPSA) is 64.8 Å². The van der Waals surface area contributed by atoms with Crippen LogP contribution in [0.5, 0.6) is 0 Å². The van der Waals surface area contributed by atoms with Crippen molar-refractivity contribution in [1.82, 2.24) is 15.2 Å². The number of hydrogen-bond donors (Lipinski definition) is 1. The van der Waals surface area contributed by atoms with Crippen LogP contribution in [0.1, 0.15) is 60.8 Å². The van der Waals surface area contributed by atoms with Crippen LogP contribution < -0.4 is 5.32 Å². The molecule has 205 valence electrons. The number of aliphatic imine (C=N–C) groups is 2. The van der Waals surface area contributed by atoms with Gasteiger partial charge in [0.2, 0.25) is 0 Å². The fourth-order valence-corrected chi connectivity index (χ4v) is 4.66. The summed E-state index contributed by atoms with van der Waals surface area (Å²) < 4.78 is 5.63. The van der Waals surface area contributed by atoms with Crippen LogP contribution in [0.4, 0.5) is 0 Å². The van der Waals surface area contributed by atoms with Crippen molar-refractivity contribution in [3.8, 4) is 0 Å². The molecule has 4 aliphatic heterocycles. The van der Waals surface area contributed by atoms with Gasteiger partial charge in [0.1, 0.15) is 5.84 Å². The molecule has 0 aromatic rings. The Kier molecular flexibility index (Phi) is 7.48. The van der Waals surface area contributed by atoms with Gasteiger partial charge in [0.15, 0.2) is 5.72 Å². The Bertz CT molecular complexity index is 1030. The van der Waals surface area contributed by atoms with E-state index in [2.05, 4.69) is 79.2 Å². The SMILES string of the molecule is COC1(C)/C=C\C(C)(C)/C=C(CN=C2C=C(N3CCCC(C)(C)CC3)NC3=C[C-](C)C=NN32)\C=N/1.[Lr]. The van der Waals surface area contributed by atoms with Gasteiger partial charge in [-0.1, -0.05) is 39.8 Å². The molecule has 1 radical (unpaired) electrons. The molecule has 8 heteroatoms. The van der Waals surface area contributed by atoms with Crippen LogP contribution in [0, 0.1) is 16.7 Å². The third-order valence-electron chi connectivity index (χ3n) is 7.09. The van der Waals surface area contributed by atoms with Crippen molar-refractivity contribution in [2.45, 2.75) is 66.5 Å². The minimum absolute atomic E-state index is 0. The molecule has 0 aliphatic carbocycles. The zero-order chi connectivity index (χ0) is 25.3. The van der Waals surface area contributed by atoms with Gasteiger partial charge in [-0.05, 0) is 55.3 Å². The van der Waals surface area contributed by atoms with Crippen LogP contribution >= 0.6 is 0 Å². The maximum Gasteiger partial charge on any atom is 0.174 e. The van der Waals surface area contributed by atoms with Crippen LogP contribution in [-0.4, -0.2) is 60.6 Å². The Morgan fingerprint density at radius 2 is 1.89 bits per heavy atom.